The number of piperidine rings is 2. The Labute approximate surface area is 217 Å². The zero-order valence-electron chi connectivity index (χ0n) is 20.2. The lowest BCUT2D eigenvalue weighted by Gasteiger charge is -2.39. The zero-order chi connectivity index (χ0) is 24.4. The Hall–Kier alpha value is -2.27. The van der Waals surface area contributed by atoms with Crippen LogP contribution in [0.1, 0.15) is 54.9 Å². The largest absolute Gasteiger partial charge is 0.368 e. The van der Waals surface area contributed by atoms with Crippen molar-refractivity contribution in [2.45, 2.75) is 55.3 Å². The highest BCUT2D eigenvalue weighted by Crippen LogP contribution is 2.45. The molecule has 5 rings (SSSR count). The summed E-state index contributed by atoms with van der Waals surface area (Å²) in [5.74, 6) is 0.0903. The van der Waals surface area contributed by atoms with Crippen LogP contribution in [0.3, 0.4) is 0 Å². The third-order valence-corrected chi connectivity index (χ3v) is 9.44. The van der Waals surface area contributed by atoms with Crippen molar-refractivity contribution in [2.24, 2.45) is 5.41 Å². The summed E-state index contributed by atoms with van der Waals surface area (Å²) in [7, 11) is 0. The molecule has 0 aliphatic carbocycles. The number of anilines is 1. The maximum Gasteiger partial charge on any atom is 0.255 e. The van der Waals surface area contributed by atoms with Gasteiger partial charge in [-0.1, -0.05) is 11.6 Å². The number of rotatable bonds is 4. The second-order valence-corrected chi connectivity index (χ2v) is 11.9. The van der Waals surface area contributed by atoms with E-state index < -0.39 is 0 Å². The number of nitriles is 1. The standard InChI is InChI=1S/C27H32ClN5OS/c1-19-15-27(18-33(19)22-4-2-20(16-29)24(28)14-22)8-12-32(13-9-27)26(34)21-3-5-25(31-17-21)35-23-6-10-30-11-7-23/h2-5,14,17,19,23,30H,6-13,15,18H2,1H3/t19-/m1/s1. The Morgan fingerprint density at radius 2 is 2.00 bits per heavy atom. The minimum absolute atomic E-state index is 0.0903. The van der Waals surface area contributed by atoms with Crippen LogP contribution in [0.15, 0.2) is 41.6 Å². The molecule has 6 nitrogen and oxygen atoms in total. The number of hydrogen-bond donors (Lipinski definition) is 1. The first-order chi connectivity index (χ1) is 17.0. The van der Waals surface area contributed by atoms with Gasteiger partial charge in [0.1, 0.15) is 6.07 Å². The molecule has 1 spiro atoms. The van der Waals surface area contributed by atoms with Crippen LogP contribution in [0.5, 0.6) is 0 Å². The molecule has 8 heteroatoms. The van der Waals surface area contributed by atoms with Crippen LogP contribution in [0.4, 0.5) is 5.69 Å². The van der Waals surface area contributed by atoms with Gasteiger partial charge in [-0.05, 0) is 87.9 Å². The first-order valence-corrected chi connectivity index (χ1v) is 13.8. The van der Waals surface area contributed by atoms with Crippen molar-refractivity contribution in [2.75, 3.05) is 37.6 Å². The number of thioether (sulfide) groups is 1. The first-order valence-electron chi connectivity index (χ1n) is 12.6. The number of halogens is 1. The highest BCUT2D eigenvalue weighted by molar-refractivity contribution is 7.99. The fourth-order valence-corrected chi connectivity index (χ4v) is 7.12. The van der Waals surface area contributed by atoms with Crippen LogP contribution in [0.2, 0.25) is 5.02 Å². The number of nitrogens with zero attached hydrogens (tertiary/aromatic N) is 4. The van der Waals surface area contributed by atoms with E-state index >= 15 is 0 Å². The monoisotopic (exact) mass is 509 g/mol. The van der Waals surface area contributed by atoms with Gasteiger partial charge in [0.05, 0.1) is 21.2 Å². The summed E-state index contributed by atoms with van der Waals surface area (Å²) >= 11 is 8.13. The molecule has 3 aliphatic heterocycles. The molecule has 0 unspecified atom stereocenters. The lowest BCUT2D eigenvalue weighted by Crippen LogP contribution is -2.44. The smallest absolute Gasteiger partial charge is 0.255 e. The number of benzene rings is 1. The van der Waals surface area contributed by atoms with Crippen molar-refractivity contribution in [3.63, 3.8) is 0 Å². The van der Waals surface area contributed by atoms with Gasteiger partial charge in [0.15, 0.2) is 0 Å². The Kier molecular flexibility index (Phi) is 7.24. The summed E-state index contributed by atoms with van der Waals surface area (Å²) in [6.45, 7) is 6.92. The molecule has 35 heavy (non-hydrogen) atoms. The quantitative estimate of drug-likeness (QED) is 0.627. The zero-order valence-corrected chi connectivity index (χ0v) is 21.7. The topological polar surface area (TPSA) is 72.3 Å². The molecular formula is C27H32ClN5OS. The van der Waals surface area contributed by atoms with E-state index in [9.17, 15) is 10.1 Å². The lowest BCUT2D eigenvalue weighted by atomic mass is 9.76. The number of carbonyl (C=O) groups excluding carboxylic acids is 1. The number of aromatic nitrogens is 1. The SMILES string of the molecule is C[C@@H]1CC2(CCN(C(=O)c3ccc(SC4CCNCC4)nc3)CC2)CN1c1ccc(C#N)c(Cl)c1. The molecular weight excluding hydrogens is 478 g/mol. The molecule has 1 aromatic carbocycles. The highest BCUT2D eigenvalue weighted by Gasteiger charge is 2.44. The van der Waals surface area contributed by atoms with Crippen LogP contribution in [0, 0.1) is 16.7 Å². The molecule has 3 aliphatic rings. The number of pyridine rings is 1. The number of likely N-dealkylation sites (tertiary alicyclic amines) is 1. The van der Waals surface area contributed by atoms with Crippen LogP contribution >= 0.6 is 23.4 Å². The van der Waals surface area contributed by atoms with Gasteiger partial charge in [-0.2, -0.15) is 5.26 Å². The van der Waals surface area contributed by atoms with Gasteiger partial charge in [-0.15, -0.1) is 11.8 Å². The van der Waals surface area contributed by atoms with Gasteiger partial charge in [-0.3, -0.25) is 4.79 Å². The van der Waals surface area contributed by atoms with E-state index in [1.165, 1.54) is 0 Å². The van der Waals surface area contributed by atoms with E-state index in [-0.39, 0.29) is 11.3 Å². The van der Waals surface area contributed by atoms with Gasteiger partial charge >= 0.3 is 0 Å². The third kappa shape index (κ3) is 5.30. The Bertz CT molecular complexity index is 1100. The van der Waals surface area contributed by atoms with Crippen molar-refractivity contribution in [3.8, 4) is 6.07 Å². The summed E-state index contributed by atoms with van der Waals surface area (Å²) in [5.41, 5.74) is 2.48. The predicted molar refractivity (Wildman–Crippen MR) is 141 cm³/mol. The van der Waals surface area contributed by atoms with Crippen LogP contribution in [0.25, 0.3) is 0 Å². The van der Waals surface area contributed by atoms with Crippen molar-refractivity contribution >= 4 is 35.0 Å². The first kappa shape index (κ1) is 24.4. The molecule has 1 N–H and O–H groups in total. The van der Waals surface area contributed by atoms with E-state index in [1.807, 2.05) is 40.9 Å². The Morgan fingerprint density at radius 1 is 1.23 bits per heavy atom. The summed E-state index contributed by atoms with van der Waals surface area (Å²) in [6.07, 6.45) is 7.19. The molecule has 1 aromatic heterocycles. The molecule has 4 heterocycles. The summed E-state index contributed by atoms with van der Waals surface area (Å²) < 4.78 is 0. The lowest BCUT2D eigenvalue weighted by molar-refractivity contribution is 0.0606. The molecule has 3 fully saturated rings. The normalized spacial score (nSPS) is 22.4. The molecule has 0 radical (unpaired) electrons. The number of nitrogens with one attached hydrogen (secondary N) is 1. The van der Waals surface area contributed by atoms with Crippen LogP contribution < -0.4 is 10.2 Å². The van der Waals surface area contributed by atoms with Crippen molar-refractivity contribution in [1.29, 1.82) is 5.26 Å². The van der Waals surface area contributed by atoms with E-state index in [2.05, 4.69) is 28.2 Å². The van der Waals surface area contributed by atoms with Crippen LogP contribution in [-0.2, 0) is 0 Å². The van der Waals surface area contributed by atoms with Gasteiger partial charge in [0, 0.05) is 42.8 Å². The average molecular weight is 510 g/mol. The minimum Gasteiger partial charge on any atom is -0.368 e. The van der Waals surface area contributed by atoms with Crippen molar-refractivity contribution < 1.29 is 4.79 Å². The van der Waals surface area contributed by atoms with E-state index in [0.29, 0.717) is 27.4 Å². The predicted octanol–water partition coefficient (Wildman–Crippen LogP) is 4.97. The van der Waals surface area contributed by atoms with Crippen molar-refractivity contribution in [1.82, 2.24) is 15.2 Å². The second-order valence-electron chi connectivity index (χ2n) is 10.2. The Balaban J connectivity index is 1.18. The van der Waals surface area contributed by atoms with E-state index in [1.54, 1.807) is 12.3 Å². The Morgan fingerprint density at radius 3 is 2.66 bits per heavy atom. The average Bonchev–Trinajstić information content (AvgIpc) is 3.20. The molecule has 0 saturated carbocycles. The molecule has 1 amide bonds. The summed E-state index contributed by atoms with van der Waals surface area (Å²) in [6, 6.07) is 12.2. The number of hydrogen-bond acceptors (Lipinski definition) is 6. The fourth-order valence-electron chi connectivity index (χ4n) is 5.83. The molecule has 0 bridgehead atoms. The second kappa shape index (κ2) is 10.4. The van der Waals surface area contributed by atoms with E-state index in [4.69, 9.17) is 11.6 Å². The minimum atomic E-state index is 0.0903. The molecule has 3 saturated heterocycles. The van der Waals surface area contributed by atoms with Gasteiger partial charge < -0.3 is 15.1 Å². The van der Waals surface area contributed by atoms with Crippen molar-refractivity contribution in [3.05, 3.63) is 52.7 Å². The van der Waals surface area contributed by atoms with Gasteiger partial charge in [0.2, 0.25) is 0 Å². The molecule has 2 aromatic rings. The number of amides is 1. The molecule has 184 valence electrons. The van der Waals surface area contributed by atoms with Crippen LogP contribution in [-0.4, -0.2) is 59.8 Å². The number of carbonyl (C=O) groups is 1. The maximum atomic E-state index is 13.2. The third-order valence-electron chi connectivity index (χ3n) is 7.84. The fraction of sp³-hybridized carbons (Fsp3) is 0.519. The van der Waals surface area contributed by atoms with E-state index in [0.717, 1.165) is 75.5 Å². The summed E-state index contributed by atoms with van der Waals surface area (Å²) in [5, 5.41) is 14.7. The highest BCUT2D eigenvalue weighted by atomic mass is 35.5. The van der Waals surface area contributed by atoms with Gasteiger partial charge in [0.25, 0.3) is 5.91 Å². The van der Waals surface area contributed by atoms with Gasteiger partial charge in [-0.25, -0.2) is 4.98 Å². The maximum absolute atomic E-state index is 13.2. The summed E-state index contributed by atoms with van der Waals surface area (Å²) in [4.78, 5) is 22.2. The molecule has 1 atom stereocenters.